The Morgan fingerprint density at radius 3 is 2.08 bits per heavy atom. The summed E-state index contributed by atoms with van der Waals surface area (Å²) >= 11 is 0. The molecule has 3 N–H and O–H groups in total. The van der Waals surface area contributed by atoms with E-state index in [1.165, 1.54) is 18.7 Å². The number of hydrogen-bond donors (Lipinski definition) is 3. The lowest BCUT2D eigenvalue weighted by Gasteiger charge is -2.33. The van der Waals surface area contributed by atoms with Crippen LogP contribution in [0.4, 0.5) is 0 Å². The van der Waals surface area contributed by atoms with Gasteiger partial charge in [-0.2, -0.15) is 0 Å². The quantitative estimate of drug-likeness (QED) is 0.150. The van der Waals surface area contributed by atoms with Crippen molar-refractivity contribution in [3.05, 3.63) is 0 Å². The molecule has 13 nitrogen and oxygen atoms in total. The lowest BCUT2D eigenvalue weighted by molar-refractivity contribution is -0.472. The fourth-order valence-electron chi connectivity index (χ4n) is 3.90. The minimum absolute atomic E-state index is 0.251. The minimum Gasteiger partial charge on any atom is -0.548 e. The zero-order valence-corrected chi connectivity index (χ0v) is 22.3. The molecule has 3 atom stereocenters. The average Bonchev–Trinajstić information content (AvgIpc) is 3.23. The molecule has 1 aliphatic rings. The normalized spacial score (nSPS) is 17.1. The van der Waals surface area contributed by atoms with Crippen LogP contribution in [0.2, 0.25) is 0 Å². The maximum atomic E-state index is 13.0. The number of nitrogens with one attached hydrogen (secondary N) is 3. The summed E-state index contributed by atoms with van der Waals surface area (Å²) in [4.78, 5) is 64.7. The van der Waals surface area contributed by atoms with Gasteiger partial charge >= 0.3 is 5.96 Å². The summed E-state index contributed by atoms with van der Waals surface area (Å²) in [6.07, 6.45) is 0.411. The highest BCUT2D eigenvalue weighted by Crippen LogP contribution is 2.20. The van der Waals surface area contributed by atoms with Crippen molar-refractivity contribution in [3.8, 4) is 0 Å². The van der Waals surface area contributed by atoms with Gasteiger partial charge < -0.3 is 35.3 Å². The van der Waals surface area contributed by atoms with Crippen LogP contribution in [0, 0.1) is 5.92 Å². The first-order valence-electron chi connectivity index (χ1n) is 11.8. The second kappa shape index (κ2) is 12.5. The van der Waals surface area contributed by atoms with Crippen LogP contribution in [-0.4, -0.2) is 108 Å². The molecule has 0 aromatic carbocycles. The summed E-state index contributed by atoms with van der Waals surface area (Å²) in [5.41, 5.74) is -1.48. The number of likely N-dealkylation sites (tertiary alicyclic amines) is 1. The highest BCUT2D eigenvalue weighted by molar-refractivity contribution is 5.96. The van der Waals surface area contributed by atoms with Crippen molar-refractivity contribution in [1.82, 2.24) is 25.8 Å². The first-order valence-corrected chi connectivity index (χ1v) is 11.8. The van der Waals surface area contributed by atoms with Crippen LogP contribution in [0.25, 0.3) is 0 Å². The Balaban J connectivity index is 2.95. The van der Waals surface area contributed by atoms with Gasteiger partial charge in [0.15, 0.2) is 0 Å². The van der Waals surface area contributed by atoms with Crippen LogP contribution in [0.3, 0.4) is 0 Å². The van der Waals surface area contributed by atoms with E-state index < -0.39 is 65.7 Å². The molecule has 0 spiro atoms. The maximum absolute atomic E-state index is 13.0. The number of aliphatic carboxylic acids is 2. The van der Waals surface area contributed by atoms with E-state index in [0.717, 1.165) is 0 Å². The molecule has 13 heteroatoms. The molecule has 0 radical (unpaired) electrons. The van der Waals surface area contributed by atoms with Crippen LogP contribution in [0.1, 0.15) is 47.0 Å². The van der Waals surface area contributed by atoms with E-state index in [0.29, 0.717) is 18.8 Å². The van der Waals surface area contributed by atoms with Crippen LogP contribution < -0.4 is 26.2 Å². The number of hydrogen-bond acceptors (Lipinski definition) is 7. The second-order valence-corrected chi connectivity index (χ2v) is 10.2. The van der Waals surface area contributed by atoms with Crippen LogP contribution in [0.5, 0.6) is 0 Å². The molecule has 0 unspecified atom stereocenters. The molecule has 3 amide bonds. The molecular weight excluding hydrogens is 472 g/mol. The number of guanidine groups is 1. The molecule has 1 rings (SSSR count). The third-order valence-corrected chi connectivity index (χ3v) is 5.90. The van der Waals surface area contributed by atoms with Gasteiger partial charge in [-0.1, -0.05) is 13.8 Å². The second-order valence-electron chi connectivity index (χ2n) is 10.2. The van der Waals surface area contributed by atoms with E-state index in [-0.39, 0.29) is 6.54 Å². The zero-order chi connectivity index (χ0) is 28.0. The molecule has 0 aliphatic carbocycles. The largest absolute Gasteiger partial charge is 0.548 e. The maximum Gasteiger partial charge on any atom is 0.347 e. The Hall–Kier alpha value is -3.38. The number of rotatable bonds is 10. The highest BCUT2D eigenvalue weighted by atomic mass is 16.4. The van der Waals surface area contributed by atoms with Crippen LogP contribution in [-0.2, 0) is 24.0 Å². The van der Waals surface area contributed by atoms with Crippen molar-refractivity contribution in [2.75, 3.05) is 34.7 Å². The van der Waals surface area contributed by atoms with Crippen LogP contribution in [0.15, 0.2) is 0 Å². The van der Waals surface area contributed by atoms with Crippen molar-refractivity contribution in [1.29, 1.82) is 0 Å². The van der Waals surface area contributed by atoms with E-state index in [1.807, 2.05) is 0 Å². The molecular formula is C23H39N6O7-. The van der Waals surface area contributed by atoms with Gasteiger partial charge in [-0.05, 0) is 32.6 Å². The Morgan fingerprint density at radius 1 is 1.06 bits per heavy atom. The van der Waals surface area contributed by atoms with Gasteiger partial charge in [0.25, 0.3) is 0 Å². The van der Waals surface area contributed by atoms with Gasteiger partial charge in [-0.25, -0.2) is 0 Å². The molecule has 0 bridgehead atoms. The number of carboxylic acid groups (broad SMARTS) is 2. The van der Waals surface area contributed by atoms with E-state index in [4.69, 9.17) is 0 Å². The molecule has 204 valence electrons. The molecule has 1 fully saturated rings. The first kappa shape index (κ1) is 30.7. The van der Waals surface area contributed by atoms with Crippen molar-refractivity contribution in [3.63, 3.8) is 0 Å². The Bertz CT molecular complexity index is 895. The summed E-state index contributed by atoms with van der Waals surface area (Å²) < 4.78 is 1.66. The van der Waals surface area contributed by atoms with E-state index >= 15 is 0 Å². The predicted molar refractivity (Wildman–Crippen MR) is 126 cm³/mol. The van der Waals surface area contributed by atoms with Gasteiger partial charge in [-0.15, -0.1) is 0 Å². The minimum atomic E-state index is -1.48. The fraction of sp³-hybridized carbons (Fsp3) is 0.739. The molecule has 0 saturated carbocycles. The summed E-state index contributed by atoms with van der Waals surface area (Å²) in [5, 5.41) is 30.8. The van der Waals surface area contributed by atoms with Gasteiger partial charge in [0, 0.05) is 6.54 Å². The predicted octanol–water partition coefficient (Wildman–Crippen LogP) is -3.95. The van der Waals surface area contributed by atoms with Gasteiger partial charge in [0.05, 0.1) is 52.6 Å². The van der Waals surface area contributed by atoms with Crippen LogP contribution >= 0.6 is 0 Å². The number of carbonyl (C=O) groups is 5. The third kappa shape index (κ3) is 8.09. The number of nitrogens with zero attached hydrogens (tertiary/aromatic N) is 3. The monoisotopic (exact) mass is 511 g/mol. The molecule has 0 aromatic rings. The highest BCUT2D eigenvalue weighted by Gasteiger charge is 2.40. The average molecular weight is 512 g/mol. The molecule has 36 heavy (non-hydrogen) atoms. The van der Waals surface area contributed by atoms with E-state index in [1.54, 1.807) is 51.5 Å². The molecule has 1 saturated heterocycles. The van der Waals surface area contributed by atoms with Crippen molar-refractivity contribution in [2.24, 2.45) is 5.92 Å². The zero-order valence-electron chi connectivity index (χ0n) is 22.3. The first-order chi connectivity index (χ1) is 16.5. The summed E-state index contributed by atoms with van der Waals surface area (Å²) in [6.45, 7) is 6.32. The molecule has 1 heterocycles. The van der Waals surface area contributed by atoms with Gasteiger partial charge in [-0.3, -0.25) is 29.2 Å². The number of carbonyl (C=O) groups excluding carboxylic acids is 5. The lowest BCUT2D eigenvalue weighted by Crippen LogP contribution is -2.62. The van der Waals surface area contributed by atoms with Crippen molar-refractivity contribution >= 4 is 35.6 Å². The molecule has 1 aliphatic heterocycles. The van der Waals surface area contributed by atoms with E-state index in [2.05, 4.69) is 16.0 Å². The van der Waals surface area contributed by atoms with Gasteiger partial charge in [0.1, 0.15) is 17.6 Å². The Labute approximate surface area is 211 Å². The van der Waals surface area contributed by atoms with Crippen molar-refractivity contribution < 1.29 is 38.8 Å². The lowest BCUT2D eigenvalue weighted by atomic mass is 9.99. The SMILES string of the molecule is CC(C)[C@H](NC(=O)C(C)(C)NC(=O)[C@H]1CCCN1C(=O)C[C@H](NC(N(C)C)=[N+](C)C)C(=O)[O-])C(=O)[O-]. The Kier molecular flexibility index (Phi) is 10.7. The third-order valence-electron chi connectivity index (χ3n) is 5.90. The van der Waals surface area contributed by atoms with Gasteiger partial charge in [0.2, 0.25) is 17.7 Å². The standard InChI is InChI=1S/C23H40N6O7/c1-13(2)17(20(34)35)25-21(36)23(3,4)26-18(31)15-10-9-11-29(15)16(30)12-14(19(32)33)24-22(27(5)6)28(7)8/h13-15,17H,9-12H2,1-8H3,(H4,25,26,31,32,33,34,35,36)/p-1/t14-,15+,17-/m0/s1. The van der Waals surface area contributed by atoms with Crippen molar-refractivity contribution in [2.45, 2.75) is 70.6 Å². The molecule has 0 aromatic heterocycles. The summed E-state index contributed by atoms with van der Waals surface area (Å²) in [5.74, 6) is -4.74. The number of carboxylic acids is 2. The smallest absolute Gasteiger partial charge is 0.347 e. The fourth-order valence-corrected chi connectivity index (χ4v) is 3.90. The summed E-state index contributed by atoms with van der Waals surface area (Å²) in [7, 11) is 6.86. The van der Waals surface area contributed by atoms with E-state index in [9.17, 15) is 34.2 Å². The topological polar surface area (TPSA) is 177 Å². The number of amides is 3. The Morgan fingerprint density at radius 2 is 1.64 bits per heavy atom. The summed E-state index contributed by atoms with van der Waals surface area (Å²) in [6, 6.07) is -3.47.